The van der Waals surface area contributed by atoms with Crippen LogP contribution in [-0.2, 0) is 11.3 Å². The topological polar surface area (TPSA) is 61.4 Å². The molecule has 0 aliphatic carbocycles. The summed E-state index contributed by atoms with van der Waals surface area (Å²) in [4.78, 5) is 11.9. The van der Waals surface area contributed by atoms with Crippen LogP contribution in [0.2, 0.25) is 0 Å². The fourth-order valence-electron chi connectivity index (χ4n) is 2.47. The Balaban J connectivity index is 2.22. The van der Waals surface area contributed by atoms with E-state index in [4.69, 9.17) is 4.74 Å². The average molecular weight is 310 g/mol. The predicted octanol–water partition coefficient (Wildman–Crippen LogP) is 2.24. The Morgan fingerprint density at radius 3 is 2.83 bits per heavy atom. The van der Waals surface area contributed by atoms with E-state index in [1.54, 1.807) is 17.7 Å². The Hall–Kier alpha value is -2.73. The molecule has 3 aromatic rings. The van der Waals surface area contributed by atoms with E-state index in [2.05, 4.69) is 16.8 Å². The summed E-state index contributed by atoms with van der Waals surface area (Å²) < 4.78 is 8.24. The van der Waals surface area contributed by atoms with Crippen molar-refractivity contribution in [1.82, 2.24) is 19.4 Å². The summed E-state index contributed by atoms with van der Waals surface area (Å²) in [5.41, 5.74) is 3.97. The fraction of sp³-hybridized carbons (Fsp3) is 0.235. The number of nitrogens with zero attached hydrogens (tertiary/aromatic N) is 4. The summed E-state index contributed by atoms with van der Waals surface area (Å²) in [7, 11) is 1.60. The SMILES string of the molecule is C=C(C)c1nn2ccccc2c1-c1ccc(=O)n(CCOC)n1. The number of allylic oxidation sites excluding steroid dienone is 1. The van der Waals surface area contributed by atoms with Gasteiger partial charge in [-0.25, -0.2) is 9.20 Å². The molecule has 23 heavy (non-hydrogen) atoms. The first-order chi connectivity index (χ1) is 11.1. The number of hydrogen-bond acceptors (Lipinski definition) is 4. The molecule has 0 spiro atoms. The molecule has 0 N–H and O–H groups in total. The van der Waals surface area contributed by atoms with Gasteiger partial charge in [-0.15, -0.1) is 0 Å². The molecule has 3 aromatic heterocycles. The monoisotopic (exact) mass is 310 g/mol. The van der Waals surface area contributed by atoms with Crippen molar-refractivity contribution < 1.29 is 4.74 Å². The van der Waals surface area contributed by atoms with E-state index in [0.29, 0.717) is 18.8 Å². The number of ether oxygens (including phenoxy) is 1. The molecule has 0 saturated heterocycles. The van der Waals surface area contributed by atoms with Crippen LogP contribution in [0.3, 0.4) is 0 Å². The summed E-state index contributed by atoms with van der Waals surface area (Å²) in [6.07, 6.45) is 1.88. The van der Waals surface area contributed by atoms with Gasteiger partial charge in [0.2, 0.25) is 0 Å². The third-order valence-corrected chi connectivity index (χ3v) is 3.57. The maximum Gasteiger partial charge on any atom is 0.266 e. The Morgan fingerprint density at radius 1 is 1.26 bits per heavy atom. The van der Waals surface area contributed by atoms with Crippen molar-refractivity contribution in [2.75, 3.05) is 13.7 Å². The first-order valence-electron chi connectivity index (χ1n) is 7.32. The van der Waals surface area contributed by atoms with Gasteiger partial charge in [-0.2, -0.15) is 10.2 Å². The average Bonchev–Trinajstić information content (AvgIpc) is 2.94. The highest BCUT2D eigenvalue weighted by atomic mass is 16.5. The van der Waals surface area contributed by atoms with E-state index in [1.807, 2.05) is 31.3 Å². The molecule has 0 radical (unpaired) electrons. The number of methoxy groups -OCH3 is 1. The minimum atomic E-state index is -0.154. The zero-order valence-electron chi connectivity index (χ0n) is 13.2. The molecule has 0 atom stereocenters. The van der Waals surface area contributed by atoms with Crippen LogP contribution in [0.4, 0.5) is 0 Å². The quantitative estimate of drug-likeness (QED) is 0.725. The van der Waals surface area contributed by atoms with Gasteiger partial charge in [0.25, 0.3) is 5.56 Å². The summed E-state index contributed by atoms with van der Waals surface area (Å²) in [6.45, 7) is 6.75. The van der Waals surface area contributed by atoms with Crippen LogP contribution >= 0.6 is 0 Å². The molecule has 0 aromatic carbocycles. The summed E-state index contributed by atoms with van der Waals surface area (Å²) in [5, 5.41) is 9.04. The highest BCUT2D eigenvalue weighted by molar-refractivity contribution is 5.87. The Kier molecular flexibility index (Phi) is 4.08. The van der Waals surface area contributed by atoms with Gasteiger partial charge in [0.15, 0.2) is 0 Å². The molecule has 3 rings (SSSR count). The number of aromatic nitrogens is 4. The predicted molar refractivity (Wildman–Crippen MR) is 89.3 cm³/mol. The van der Waals surface area contributed by atoms with Gasteiger partial charge >= 0.3 is 0 Å². The van der Waals surface area contributed by atoms with Crippen LogP contribution in [0.1, 0.15) is 12.6 Å². The normalized spacial score (nSPS) is 11.0. The van der Waals surface area contributed by atoms with Crippen LogP contribution in [0.5, 0.6) is 0 Å². The molecular formula is C17H18N4O2. The third kappa shape index (κ3) is 2.80. The van der Waals surface area contributed by atoms with Crippen LogP contribution in [0.25, 0.3) is 22.3 Å². The van der Waals surface area contributed by atoms with Crippen molar-refractivity contribution in [3.05, 3.63) is 59.2 Å². The molecule has 3 heterocycles. The lowest BCUT2D eigenvalue weighted by Crippen LogP contribution is -2.24. The molecular weight excluding hydrogens is 292 g/mol. The first kappa shape index (κ1) is 15.2. The zero-order valence-corrected chi connectivity index (χ0v) is 13.2. The highest BCUT2D eigenvalue weighted by Crippen LogP contribution is 2.30. The number of hydrogen-bond donors (Lipinski definition) is 0. The lowest BCUT2D eigenvalue weighted by atomic mass is 10.1. The Labute approximate surface area is 133 Å². The first-order valence-corrected chi connectivity index (χ1v) is 7.32. The van der Waals surface area contributed by atoms with Gasteiger partial charge in [-0.1, -0.05) is 12.6 Å². The number of pyridine rings is 1. The molecule has 118 valence electrons. The second-order valence-corrected chi connectivity index (χ2v) is 5.31. The van der Waals surface area contributed by atoms with Crippen molar-refractivity contribution in [3.8, 4) is 11.3 Å². The zero-order chi connectivity index (χ0) is 16.4. The Morgan fingerprint density at radius 2 is 2.09 bits per heavy atom. The van der Waals surface area contributed by atoms with E-state index < -0.39 is 0 Å². The van der Waals surface area contributed by atoms with Gasteiger partial charge in [0.1, 0.15) is 0 Å². The van der Waals surface area contributed by atoms with Crippen molar-refractivity contribution in [3.63, 3.8) is 0 Å². The second kappa shape index (κ2) is 6.18. The smallest absolute Gasteiger partial charge is 0.266 e. The molecule has 0 bridgehead atoms. The molecule has 0 aliphatic rings. The lowest BCUT2D eigenvalue weighted by molar-refractivity contribution is 0.182. The minimum Gasteiger partial charge on any atom is -0.383 e. The summed E-state index contributed by atoms with van der Waals surface area (Å²) in [6, 6.07) is 9.08. The van der Waals surface area contributed by atoms with Crippen LogP contribution in [-0.4, -0.2) is 33.1 Å². The molecule has 0 unspecified atom stereocenters. The number of rotatable bonds is 5. The van der Waals surface area contributed by atoms with Gasteiger partial charge in [-0.05, 0) is 30.7 Å². The van der Waals surface area contributed by atoms with Crippen LogP contribution in [0, 0.1) is 0 Å². The largest absolute Gasteiger partial charge is 0.383 e. The van der Waals surface area contributed by atoms with Gasteiger partial charge in [-0.3, -0.25) is 4.79 Å². The Bertz CT molecular complexity index is 924. The van der Waals surface area contributed by atoms with E-state index >= 15 is 0 Å². The number of fused-ring (bicyclic) bond motifs is 1. The molecule has 6 heteroatoms. The molecule has 0 amide bonds. The maximum atomic E-state index is 11.9. The van der Waals surface area contributed by atoms with Crippen molar-refractivity contribution >= 4 is 11.1 Å². The van der Waals surface area contributed by atoms with Crippen LogP contribution in [0.15, 0.2) is 47.9 Å². The van der Waals surface area contributed by atoms with Crippen molar-refractivity contribution in [2.24, 2.45) is 0 Å². The third-order valence-electron chi connectivity index (χ3n) is 3.57. The standard InChI is InChI=1S/C17H18N4O2/c1-12(2)17-16(14-6-4-5-9-20(14)19-17)13-7-8-15(22)21(18-13)10-11-23-3/h4-9H,1,10-11H2,2-3H3. The molecule has 0 aliphatic heterocycles. The van der Waals surface area contributed by atoms with E-state index in [-0.39, 0.29) is 5.56 Å². The van der Waals surface area contributed by atoms with Crippen LogP contribution < -0.4 is 5.56 Å². The van der Waals surface area contributed by atoms with E-state index in [9.17, 15) is 4.79 Å². The van der Waals surface area contributed by atoms with Gasteiger partial charge in [0.05, 0.1) is 35.6 Å². The van der Waals surface area contributed by atoms with E-state index in [1.165, 1.54) is 10.7 Å². The fourth-order valence-corrected chi connectivity index (χ4v) is 2.47. The molecule has 6 nitrogen and oxygen atoms in total. The molecule has 0 fully saturated rings. The highest BCUT2D eigenvalue weighted by Gasteiger charge is 2.17. The van der Waals surface area contributed by atoms with E-state index in [0.717, 1.165) is 22.3 Å². The van der Waals surface area contributed by atoms with Crippen molar-refractivity contribution in [1.29, 1.82) is 0 Å². The van der Waals surface area contributed by atoms with Crippen molar-refractivity contribution in [2.45, 2.75) is 13.5 Å². The lowest BCUT2D eigenvalue weighted by Gasteiger charge is -2.07. The maximum absolute atomic E-state index is 11.9. The second-order valence-electron chi connectivity index (χ2n) is 5.31. The summed E-state index contributed by atoms with van der Waals surface area (Å²) in [5.74, 6) is 0. The van der Waals surface area contributed by atoms with Gasteiger partial charge < -0.3 is 4.74 Å². The van der Waals surface area contributed by atoms with Gasteiger partial charge in [0, 0.05) is 19.4 Å². The molecule has 0 saturated carbocycles. The summed E-state index contributed by atoms with van der Waals surface area (Å²) >= 11 is 0. The minimum absolute atomic E-state index is 0.154.